The summed E-state index contributed by atoms with van der Waals surface area (Å²) in [4.78, 5) is 8.04. The van der Waals surface area contributed by atoms with E-state index >= 15 is 0 Å². The average molecular weight is 280 g/mol. The summed E-state index contributed by atoms with van der Waals surface area (Å²) < 4.78 is 0. The van der Waals surface area contributed by atoms with Crippen molar-refractivity contribution in [1.82, 2.24) is 4.90 Å². The molecule has 0 spiro atoms. The lowest BCUT2D eigenvalue weighted by Crippen LogP contribution is -2.29. The van der Waals surface area contributed by atoms with Crippen LogP contribution < -0.4 is 5.73 Å². The van der Waals surface area contributed by atoms with E-state index < -0.39 is 0 Å². The summed E-state index contributed by atoms with van der Waals surface area (Å²) >= 11 is 7.64. The molecule has 0 radical (unpaired) electrons. The van der Waals surface area contributed by atoms with Crippen LogP contribution in [-0.2, 0) is 0 Å². The van der Waals surface area contributed by atoms with Gasteiger partial charge in [-0.25, -0.2) is 0 Å². The van der Waals surface area contributed by atoms with Crippen molar-refractivity contribution in [3.8, 4) is 0 Å². The predicted octanol–water partition coefficient (Wildman–Crippen LogP) is 2.78. The topological polar surface area (TPSA) is 41.6 Å². The van der Waals surface area contributed by atoms with Crippen molar-refractivity contribution in [2.45, 2.75) is 6.42 Å². The third kappa shape index (κ3) is 2.05. The van der Waals surface area contributed by atoms with Crippen LogP contribution in [-0.4, -0.2) is 29.7 Å². The Kier molecular flexibility index (Phi) is 3.33. The highest BCUT2D eigenvalue weighted by Crippen LogP contribution is 2.40. The van der Waals surface area contributed by atoms with E-state index in [-0.39, 0.29) is 0 Å². The van der Waals surface area contributed by atoms with Gasteiger partial charge in [0.1, 0.15) is 0 Å². The number of halogens is 1. The Hall–Kier alpha value is -0.970. The quantitative estimate of drug-likeness (QED) is 0.905. The first-order valence-corrected chi connectivity index (χ1v) is 7.18. The van der Waals surface area contributed by atoms with Crippen molar-refractivity contribution in [3.05, 3.63) is 39.8 Å². The molecular formula is C13H14ClN3S. The maximum absolute atomic E-state index is 5.94. The Morgan fingerprint density at radius 1 is 1.33 bits per heavy atom. The minimum atomic E-state index is 0.554. The average Bonchev–Trinajstić information content (AvgIpc) is 2.78. The molecule has 1 aromatic carbocycles. The first kappa shape index (κ1) is 12.1. The molecule has 1 aromatic rings. The fourth-order valence-electron chi connectivity index (χ4n) is 2.25. The van der Waals surface area contributed by atoms with E-state index in [4.69, 9.17) is 17.3 Å². The molecule has 0 atom stereocenters. The molecule has 0 amide bonds. The molecule has 3 nitrogen and oxygen atoms in total. The largest absolute Gasteiger partial charge is 0.326 e. The molecule has 5 heteroatoms. The van der Waals surface area contributed by atoms with Crippen LogP contribution in [0.5, 0.6) is 0 Å². The maximum Gasteiger partial charge on any atom is 0.168 e. The molecule has 18 heavy (non-hydrogen) atoms. The molecular weight excluding hydrogens is 266 g/mol. The van der Waals surface area contributed by atoms with Crippen LogP contribution in [0.15, 0.2) is 34.2 Å². The smallest absolute Gasteiger partial charge is 0.168 e. The summed E-state index contributed by atoms with van der Waals surface area (Å²) in [7, 11) is 0. The van der Waals surface area contributed by atoms with E-state index in [9.17, 15) is 0 Å². The number of hydrogen-bond donors (Lipinski definition) is 1. The highest BCUT2D eigenvalue weighted by molar-refractivity contribution is 8.17. The van der Waals surface area contributed by atoms with Gasteiger partial charge in [0.25, 0.3) is 0 Å². The van der Waals surface area contributed by atoms with Crippen LogP contribution in [0.3, 0.4) is 0 Å². The number of fused-ring (bicyclic) bond motifs is 1. The summed E-state index contributed by atoms with van der Waals surface area (Å²) in [6.07, 6.45) is 1.10. The number of rotatable bonds is 2. The van der Waals surface area contributed by atoms with Crippen molar-refractivity contribution in [2.24, 2.45) is 10.7 Å². The van der Waals surface area contributed by atoms with Crippen LogP contribution in [0.1, 0.15) is 12.0 Å². The molecule has 0 saturated carbocycles. The summed E-state index contributed by atoms with van der Waals surface area (Å²) in [5.41, 5.74) is 8.23. The van der Waals surface area contributed by atoms with E-state index in [0.29, 0.717) is 6.54 Å². The molecule has 2 heterocycles. The monoisotopic (exact) mass is 279 g/mol. The van der Waals surface area contributed by atoms with Gasteiger partial charge in [-0.2, -0.15) is 0 Å². The second-order valence-corrected chi connectivity index (χ2v) is 5.75. The van der Waals surface area contributed by atoms with E-state index in [1.807, 2.05) is 24.3 Å². The van der Waals surface area contributed by atoms with Crippen LogP contribution >= 0.6 is 23.4 Å². The first-order valence-electron chi connectivity index (χ1n) is 5.98. The second kappa shape index (κ2) is 4.96. The number of thioether (sulfide) groups is 1. The molecule has 3 rings (SSSR count). The number of nitrogens with zero attached hydrogens (tertiary/aromatic N) is 2. The van der Waals surface area contributed by atoms with Gasteiger partial charge in [0.05, 0.1) is 5.70 Å². The lowest BCUT2D eigenvalue weighted by molar-refractivity contribution is 0.540. The van der Waals surface area contributed by atoms with Crippen LogP contribution in [0.2, 0.25) is 5.02 Å². The number of benzene rings is 1. The molecule has 94 valence electrons. The molecule has 2 aliphatic rings. The van der Waals surface area contributed by atoms with Gasteiger partial charge in [-0.3, -0.25) is 4.99 Å². The summed E-state index contributed by atoms with van der Waals surface area (Å²) in [6, 6.07) is 7.93. The van der Waals surface area contributed by atoms with Gasteiger partial charge in [-0.05, 0) is 24.1 Å². The van der Waals surface area contributed by atoms with Crippen LogP contribution in [0.25, 0.3) is 5.70 Å². The highest BCUT2D eigenvalue weighted by atomic mass is 35.5. The Bertz CT molecular complexity index is 522. The van der Waals surface area contributed by atoms with Crippen molar-refractivity contribution >= 4 is 34.2 Å². The van der Waals surface area contributed by atoms with Crippen molar-refractivity contribution in [1.29, 1.82) is 0 Å². The number of nitrogens with two attached hydrogens (primary N) is 1. The van der Waals surface area contributed by atoms with Crippen molar-refractivity contribution in [2.75, 3.05) is 19.6 Å². The number of hydrogen-bond acceptors (Lipinski definition) is 4. The third-order valence-electron chi connectivity index (χ3n) is 3.07. The number of aliphatic imine (C=N–C) groups is 1. The van der Waals surface area contributed by atoms with Gasteiger partial charge in [0, 0.05) is 29.6 Å². The molecule has 0 aromatic heterocycles. The van der Waals surface area contributed by atoms with Crippen LogP contribution in [0.4, 0.5) is 0 Å². The molecule has 0 aliphatic carbocycles. The zero-order valence-corrected chi connectivity index (χ0v) is 11.5. The summed E-state index contributed by atoms with van der Waals surface area (Å²) in [6.45, 7) is 2.50. The Balaban J connectivity index is 2.04. The van der Waals surface area contributed by atoms with E-state index in [2.05, 4.69) is 9.89 Å². The Morgan fingerprint density at radius 2 is 2.11 bits per heavy atom. The molecule has 0 fully saturated rings. The van der Waals surface area contributed by atoms with Gasteiger partial charge in [-0.1, -0.05) is 35.5 Å². The minimum Gasteiger partial charge on any atom is -0.326 e. The molecule has 0 bridgehead atoms. The van der Waals surface area contributed by atoms with Gasteiger partial charge >= 0.3 is 0 Å². The van der Waals surface area contributed by atoms with Crippen LogP contribution in [0, 0.1) is 0 Å². The normalized spacial score (nSPS) is 19.0. The second-order valence-electron chi connectivity index (χ2n) is 4.25. The van der Waals surface area contributed by atoms with E-state index in [0.717, 1.165) is 29.7 Å². The van der Waals surface area contributed by atoms with Crippen molar-refractivity contribution in [3.63, 3.8) is 0 Å². The first-order chi connectivity index (χ1) is 8.79. The zero-order chi connectivity index (χ0) is 12.5. The summed E-state index contributed by atoms with van der Waals surface area (Å²) in [5.74, 6) is 0. The SMILES string of the molecule is NCC1=C(c2ccc(Cl)cc2)N2CCCN=C2S1. The van der Waals surface area contributed by atoms with E-state index in [1.165, 1.54) is 16.2 Å². The van der Waals surface area contributed by atoms with Gasteiger partial charge in [-0.15, -0.1) is 0 Å². The zero-order valence-electron chi connectivity index (χ0n) is 9.90. The van der Waals surface area contributed by atoms with Gasteiger partial charge < -0.3 is 10.6 Å². The van der Waals surface area contributed by atoms with E-state index in [1.54, 1.807) is 11.8 Å². The summed E-state index contributed by atoms with van der Waals surface area (Å²) in [5, 5.41) is 1.85. The Labute approximate surface area is 116 Å². The number of amidine groups is 1. The van der Waals surface area contributed by atoms with Gasteiger partial charge in [0.15, 0.2) is 5.17 Å². The fourth-order valence-corrected chi connectivity index (χ4v) is 3.45. The highest BCUT2D eigenvalue weighted by Gasteiger charge is 2.30. The molecule has 2 aliphatic heterocycles. The third-order valence-corrected chi connectivity index (χ3v) is 4.46. The van der Waals surface area contributed by atoms with Crippen molar-refractivity contribution < 1.29 is 0 Å². The maximum atomic E-state index is 5.94. The standard InChI is InChI=1S/C13H14ClN3S/c14-10-4-2-9(3-5-10)12-11(8-15)18-13-16-6-1-7-17(12)13/h2-5H,1,6-8,15H2. The molecule has 0 saturated heterocycles. The molecule has 0 unspecified atom stereocenters. The molecule has 2 N–H and O–H groups in total. The predicted molar refractivity (Wildman–Crippen MR) is 78.6 cm³/mol. The lowest BCUT2D eigenvalue weighted by atomic mass is 10.1. The van der Waals surface area contributed by atoms with Gasteiger partial charge in [0.2, 0.25) is 0 Å². The minimum absolute atomic E-state index is 0.554. The fraction of sp³-hybridized carbons (Fsp3) is 0.308. The Morgan fingerprint density at radius 3 is 2.83 bits per heavy atom. The lowest BCUT2D eigenvalue weighted by Gasteiger charge is -2.25.